The van der Waals surface area contributed by atoms with E-state index in [1.165, 1.54) is 12.0 Å². The Kier molecular flexibility index (Phi) is 5.37. The molecule has 1 amide bonds. The quantitative estimate of drug-likeness (QED) is 0.831. The number of amides is 1. The first-order valence-corrected chi connectivity index (χ1v) is 8.74. The van der Waals surface area contributed by atoms with Crippen LogP contribution in [-0.2, 0) is 9.53 Å². The smallest absolute Gasteiger partial charge is 0.223 e. The van der Waals surface area contributed by atoms with Crippen LogP contribution >= 0.6 is 11.6 Å². The predicted molar refractivity (Wildman–Crippen MR) is 87.9 cm³/mol. The van der Waals surface area contributed by atoms with Crippen LogP contribution < -0.4 is 0 Å². The molecule has 0 unspecified atom stereocenters. The average Bonchev–Trinajstić information content (AvgIpc) is 3.06. The van der Waals surface area contributed by atoms with Gasteiger partial charge in [-0.1, -0.05) is 23.7 Å². The van der Waals surface area contributed by atoms with Crippen LogP contribution in [0.1, 0.15) is 50.1 Å². The number of ether oxygens (including phenoxy) is 1. The third kappa shape index (κ3) is 3.82. The van der Waals surface area contributed by atoms with E-state index in [0.717, 1.165) is 50.5 Å². The summed E-state index contributed by atoms with van der Waals surface area (Å²) in [7, 11) is 0. The summed E-state index contributed by atoms with van der Waals surface area (Å²) in [5.74, 6) is 0.856. The van der Waals surface area contributed by atoms with Crippen molar-refractivity contribution in [1.29, 1.82) is 0 Å². The van der Waals surface area contributed by atoms with Crippen molar-refractivity contribution in [3.8, 4) is 0 Å². The molecule has 2 aliphatic rings. The molecule has 3 rings (SSSR count). The van der Waals surface area contributed by atoms with Crippen LogP contribution in [-0.4, -0.2) is 30.6 Å². The zero-order valence-corrected chi connectivity index (χ0v) is 13.7. The second kappa shape index (κ2) is 7.47. The van der Waals surface area contributed by atoms with Crippen molar-refractivity contribution in [3.63, 3.8) is 0 Å². The number of rotatable bonds is 4. The van der Waals surface area contributed by atoms with E-state index in [1.807, 2.05) is 18.2 Å². The SMILES string of the molecule is O=C(CC[C@@H]1CCOC1)N1CCCC[C@H]1c1cccc(Cl)c1. The molecule has 2 aliphatic heterocycles. The van der Waals surface area contributed by atoms with Gasteiger partial charge in [-0.25, -0.2) is 0 Å². The first-order valence-electron chi connectivity index (χ1n) is 8.37. The fourth-order valence-electron chi connectivity index (χ4n) is 3.57. The van der Waals surface area contributed by atoms with Gasteiger partial charge in [0.05, 0.1) is 6.04 Å². The molecule has 1 aromatic rings. The van der Waals surface area contributed by atoms with Crippen LogP contribution in [0.15, 0.2) is 24.3 Å². The van der Waals surface area contributed by atoms with Crippen molar-refractivity contribution >= 4 is 17.5 Å². The van der Waals surface area contributed by atoms with Gasteiger partial charge < -0.3 is 9.64 Å². The van der Waals surface area contributed by atoms with Gasteiger partial charge in [0, 0.05) is 31.2 Å². The molecular formula is C18H24ClNO2. The van der Waals surface area contributed by atoms with E-state index in [-0.39, 0.29) is 11.9 Å². The predicted octanol–water partition coefficient (Wildman–Crippen LogP) is 4.21. The molecule has 0 bridgehead atoms. The van der Waals surface area contributed by atoms with E-state index in [1.54, 1.807) is 0 Å². The molecule has 22 heavy (non-hydrogen) atoms. The van der Waals surface area contributed by atoms with Crippen molar-refractivity contribution in [2.24, 2.45) is 5.92 Å². The van der Waals surface area contributed by atoms with Crippen LogP contribution in [0.5, 0.6) is 0 Å². The zero-order chi connectivity index (χ0) is 15.4. The Morgan fingerprint density at radius 3 is 3.00 bits per heavy atom. The van der Waals surface area contributed by atoms with Crippen LogP contribution in [0.2, 0.25) is 5.02 Å². The first kappa shape index (κ1) is 15.8. The van der Waals surface area contributed by atoms with E-state index in [9.17, 15) is 4.79 Å². The summed E-state index contributed by atoms with van der Waals surface area (Å²) in [6.07, 6.45) is 6.03. The maximum absolute atomic E-state index is 12.7. The van der Waals surface area contributed by atoms with Gasteiger partial charge in [0.25, 0.3) is 0 Å². The van der Waals surface area contributed by atoms with Crippen molar-refractivity contribution in [1.82, 2.24) is 4.90 Å². The summed E-state index contributed by atoms with van der Waals surface area (Å²) >= 11 is 6.12. The molecule has 0 spiro atoms. The molecule has 4 heteroatoms. The Balaban J connectivity index is 1.65. The molecule has 0 saturated carbocycles. The maximum atomic E-state index is 12.7. The Bertz CT molecular complexity index is 514. The van der Waals surface area contributed by atoms with Gasteiger partial charge in [-0.15, -0.1) is 0 Å². The number of piperidine rings is 1. The highest BCUT2D eigenvalue weighted by molar-refractivity contribution is 6.30. The van der Waals surface area contributed by atoms with E-state index in [4.69, 9.17) is 16.3 Å². The number of hydrogen-bond acceptors (Lipinski definition) is 2. The van der Waals surface area contributed by atoms with Crippen molar-refractivity contribution in [2.75, 3.05) is 19.8 Å². The van der Waals surface area contributed by atoms with Crippen molar-refractivity contribution in [3.05, 3.63) is 34.9 Å². The molecule has 0 N–H and O–H groups in total. The Morgan fingerprint density at radius 2 is 2.23 bits per heavy atom. The maximum Gasteiger partial charge on any atom is 0.223 e. The number of hydrogen-bond donors (Lipinski definition) is 0. The van der Waals surface area contributed by atoms with Gasteiger partial charge in [0.1, 0.15) is 0 Å². The fourth-order valence-corrected chi connectivity index (χ4v) is 3.77. The van der Waals surface area contributed by atoms with Crippen LogP contribution in [0.4, 0.5) is 0 Å². The van der Waals surface area contributed by atoms with Gasteiger partial charge in [0.2, 0.25) is 5.91 Å². The van der Waals surface area contributed by atoms with Crippen LogP contribution in [0.3, 0.4) is 0 Å². The lowest BCUT2D eigenvalue weighted by Crippen LogP contribution is -2.38. The highest BCUT2D eigenvalue weighted by Crippen LogP contribution is 2.33. The molecule has 3 nitrogen and oxygen atoms in total. The minimum absolute atomic E-state index is 0.194. The summed E-state index contributed by atoms with van der Waals surface area (Å²) in [6.45, 7) is 2.55. The number of likely N-dealkylation sites (tertiary alicyclic amines) is 1. The third-order valence-corrected chi connectivity index (χ3v) is 5.08. The summed E-state index contributed by atoms with van der Waals surface area (Å²) in [4.78, 5) is 14.7. The van der Waals surface area contributed by atoms with Crippen molar-refractivity contribution < 1.29 is 9.53 Å². The minimum atomic E-state index is 0.194. The molecule has 0 aromatic heterocycles. The topological polar surface area (TPSA) is 29.5 Å². The number of benzene rings is 1. The number of halogens is 1. The zero-order valence-electron chi connectivity index (χ0n) is 13.0. The van der Waals surface area contributed by atoms with E-state index in [2.05, 4.69) is 11.0 Å². The Morgan fingerprint density at radius 1 is 1.32 bits per heavy atom. The molecule has 2 saturated heterocycles. The summed E-state index contributed by atoms with van der Waals surface area (Å²) in [5.41, 5.74) is 1.17. The first-order chi connectivity index (χ1) is 10.7. The lowest BCUT2D eigenvalue weighted by atomic mass is 9.94. The number of carbonyl (C=O) groups excluding carboxylic acids is 1. The molecule has 0 aliphatic carbocycles. The fraction of sp³-hybridized carbons (Fsp3) is 0.611. The van der Waals surface area contributed by atoms with Gasteiger partial charge in [-0.2, -0.15) is 0 Å². The standard InChI is InChI=1S/C18H24ClNO2/c19-16-5-3-4-15(12-16)17-6-1-2-10-20(17)18(21)8-7-14-9-11-22-13-14/h3-5,12,14,17H,1-2,6-11,13H2/t14-,17+/m1/s1. The lowest BCUT2D eigenvalue weighted by molar-refractivity contribution is -0.135. The summed E-state index contributed by atoms with van der Waals surface area (Å²) in [6, 6.07) is 8.15. The Hall–Kier alpha value is -1.06. The molecule has 2 heterocycles. The summed E-state index contributed by atoms with van der Waals surface area (Å²) < 4.78 is 5.40. The minimum Gasteiger partial charge on any atom is -0.381 e. The number of nitrogens with zero attached hydrogens (tertiary/aromatic N) is 1. The highest BCUT2D eigenvalue weighted by atomic mass is 35.5. The Labute approximate surface area is 137 Å². The molecule has 120 valence electrons. The molecule has 1 aromatic carbocycles. The monoisotopic (exact) mass is 321 g/mol. The normalized spacial score (nSPS) is 25.4. The second-order valence-electron chi connectivity index (χ2n) is 6.42. The molecular weight excluding hydrogens is 298 g/mol. The van der Waals surface area contributed by atoms with E-state index < -0.39 is 0 Å². The van der Waals surface area contributed by atoms with E-state index in [0.29, 0.717) is 12.3 Å². The number of carbonyl (C=O) groups is 1. The van der Waals surface area contributed by atoms with Crippen LogP contribution in [0.25, 0.3) is 0 Å². The van der Waals surface area contributed by atoms with Gasteiger partial charge in [-0.3, -0.25) is 4.79 Å². The third-order valence-electron chi connectivity index (χ3n) is 4.85. The van der Waals surface area contributed by atoms with Gasteiger partial charge in [-0.05, 0) is 55.7 Å². The van der Waals surface area contributed by atoms with E-state index >= 15 is 0 Å². The van der Waals surface area contributed by atoms with Crippen LogP contribution in [0, 0.1) is 5.92 Å². The molecule has 2 atom stereocenters. The highest BCUT2D eigenvalue weighted by Gasteiger charge is 2.28. The van der Waals surface area contributed by atoms with Gasteiger partial charge >= 0.3 is 0 Å². The molecule has 0 radical (unpaired) electrons. The van der Waals surface area contributed by atoms with Crippen molar-refractivity contribution in [2.45, 2.75) is 44.6 Å². The second-order valence-corrected chi connectivity index (χ2v) is 6.86. The van der Waals surface area contributed by atoms with Gasteiger partial charge in [0.15, 0.2) is 0 Å². The largest absolute Gasteiger partial charge is 0.381 e. The lowest BCUT2D eigenvalue weighted by Gasteiger charge is -2.36. The molecule has 2 fully saturated rings. The summed E-state index contributed by atoms with van der Waals surface area (Å²) in [5, 5.41) is 0.749. The average molecular weight is 322 g/mol.